The second-order valence-corrected chi connectivity index (χ2v) is 9.67. The van der Waals surface area contributed by atoms with Gasteiger partial charge in [-0.15, -0.1) is 0 Å². The Hall–Kier alpha value is -2.68. The lowest BCUT2D eigenvalue weighted by Crippen LogP contribution is -2.51. The number of amides is 2. The first-order chi connectivity index (χ1) is 16.0. The Morgan fingerprint density at radius 1 is 1.09 bits per heavy atom. The molecule has 3 rings (SSSR count). The van der Waals surface area contributed by atoms with Gasteiger partial charge in [0.25, 0.3) is 0 Å². The number of benzene rings is 1. The van der Waals surface area contributed by atoms with Crippen LogP contribution in [0.5, 0.6) is 0 Å². The number of carbonyl (C=O) groups is 1. The molecule has 1 aromatic heterocycles. The number of nitrogens with zero attached hydrogens (tertiary/aromatic N) is 4. The third-order valence-electron chi connectivity index (χ3n) is 7.18. The van der Waals surface area contributed by atoms with Gasteiger partial charge in [0.05, 0.1) is 18.1 Å². The van der Waals surface area contributed by atoms with Gasteiger partial charge in [0.2, 0.25) is 5.82 Å². The zero-order chi connectivity index (χ0) is 25.0. The Morgan fingerprint density at radius 3 is 2.18 bits per heavy atom. The zero-order valence-corrected chi connectivity index (χ0v) is 20.1. The fraction of sp³-hybridized carbons (Fsp3) is 0.560. The van der Waals surface area contributed by atoms with Crippen molar-refractivity contribution in [2.24, 2.45) is 11.1 Å². The number of halogens is 3. The fourth-order valence-electron chi connectivity index (χ4n) is 4.96. The molecule has 2 amide bonds. The highest BCUT2D eigenvalue weighted by atomic mass is 19.4. The first-order valence-electron chi connectivity index (χ1n) is 11.7. The van der Waals surface area contributed by atoms with Crippen LogP contribution in [0.15, 0.2) is 42.7 Å². The number of hydrogen-bond donors (Lipinski definition) is 1. The summed E-state index contributed by atoms with van der Waals surface area (Å²) in [5.41, 5.74) is 6.73. The molecule has 0 spiro atoms. The third kappa shape index (κ3) is 5.68. The van der Waals surface area contributed by atoms with Crippen LogP contribution in [0.25, 0.3) is 0 Å². The highest BCUT2D eigenvalue weighted by Crippen LogP contribution is 2.49. The number of aromatic nitrogens is 2. The van der Waals surface area contributed by atoms with Crippen molar-refractivity contribution in [1.82, 2.24) is 14.9 Å². The molecular formula is C25H34F3N5O. The lowest BCUT2D eigenvalue weighted by Gasteiger charge is -2.51. The molecule has 6 nitrogen and oxygen atoms in total. The summed E-state index contributed by atoms with van der Waals surface area (Å²) in [5.74, 6) is -1.24. The fourth-order valence-corrected chi connectivity index (χ4v) is 4.96. The van der Waals surface area contributed by atoms with Gasteiger partial charge in [-0.1, -0.05) is 50.6 Å². The van der Waals surface area contributed by atoms with E-state index in [-0.39, 0.29) is 16.6 Å². The minimum absolute atomic E-state index is 0.0923. The molecule has 2 N–H and O–H groups in total. The molecule has 1 heterocycles. The van der Waals surface area contributed by atoms with Crippen molar-refractivity contribution in [2.75, 3.05) is 25.0 Å². The minimum atomic E-state index is -4.64. The van der Waals surface area contributed by atoms with Crippen LogP contribution in [-0.4, -0.2) is 41.0 Å². The molecule has 1 fully saturated rings. The van der Waals surface area contributed by atoms with Crippen molar-refractivity contribution in [2.45, 2.75) is 64.1 Å². The predicted octanol–water partition coefficient (Wildman–Crippen LogP) is 5.59. The molecule has 0 aliphatic heterocycles. The first-order valence-corrected chi connectivity index (χ1v) is 11.7. The lowest BCUT2D eigenvalue weighted by atomic mass is 9.65. The minimum Gasteiger partial charge on any atom is -0.351 e. The molecule has 1 aromatic carbocycles. The molecule has 1 saturated carbocycles. The normalized spacial score (nSPS) is 23.1. The zero-order valence-electron chi connectivity index (χ0n) is 20.1. The van der Waals surface area contributed by atoms with Crippen molar-refractivity contribution in [3.63, 3.8) is 0 Å². The maximum absolute atomic E-state index is 12.8. The number of primary amides is 1. The smallest absolute Gasteiger partial charge is 0.351 e. The van der Waals surface area contributed by atoms with E-state index in [1.807, 2.05) is 6.07 Å². The number of anilines is 1. The number of hydrogen-bond acceptors (Lipinski definition) is 4. The van der Waals surface area contributed by atoms with E-state index in [4.69, 9.17) is 5.73 Å². The van der Waals surface area contributed by atoms with Crippen molar-refractivity contribution in [3.8, 4) is 0 Å². The summed E-state index contributed by atoms with van der Waals surface area (Å²) in [6, 6.07) is 9.79. The standard InChI is InChI=1S/C25H34F3N5O/c1-4-5-15-32(3)24(19-9-7-6-8-10-19)13-11-23(2,12-14-24)18-33(22(29)34)20-16-30-21(31-17-20)25(26,27)28/h6-10,16-17H,4-5,11-15,18H2,1-3H3,(H2,29,34). The van der Waals surface area contributed by atoms with Gasteiger partial charge in [0.15, 0.2) is 0 Å². The van der Waals surface area contributed by atoms with E-state index in [0.717, 1.165) is 57.5 Å². The van der Waals surface area contributed by atoms with Gasteiger partial charge < -0.3 is 5.73 Å². The van der Waals surface area contributed by atoms with Crippen LogP contribution in [0.4, 0.5) is 23.7 Å². The van der Waals surface area contributed by atoms with Gasteiger partial charge in [-0.2, -0.15) is 13.2 Å². The molecule has 0 unspecified atom stereocenters. The second-order valence-electron chi connectivity index (χ2n) is 9.67. The Labute approximate surface area is 199 Å². The molecule has 34 heavy (non-hydrogen) atoms. The second kappa shape index (κ2) is 10.3. The predicted molar refractivity (Wildman–Crippen MR) is 126 cm³/mol. The summed E-state index contributed by atoms with van der Waals surface area (Å²) in [6.07, 6.45) is 3.11. The monoisotopic (exact) mass is 477 g/mol. The van der Waals surface area contributed by atoms with Gasteiger partial charge in [0, 0.05) is 12.1 Å². The van der Waals surface area contributed by atoms with Crippen LogP contribution >= 0.6 is 0 Å². The average Bonchev–Trinajstić information content (AvgIpc) is 2.82. The molecule has 1 aliphatic rings. The number of rotatable bonds is 8. The van der Waals surface area contributed by atoms with Gasteiger partial charge in [-0.25, -0.2) is 14.8 Å². The van der Waals surface area contributed by atoms with Crippen LogP contribution in [0, 0.1) is 5.41 Å². The van der Waals surface area contributed by atoms with Crippen LogP contribution < -0.4 is 10.6 Å². The van der Waals surface area contributed by atoms with Crippen molar-refractivity contribution < 1.29 is 18.0 Å². The van der Waals surface area contributed by atoms with E-state index in [0.29, 0.717) is 6.54 Å². The van der Waals surface area contributed by atoms with E-state index in [2.05, 4.69) is 60.0 Å². The van der Waals surface area contributed by atoms with Gasteiger partial charge in [0.1, 0.15) is 0 Å². The quantitative estimate of drug-likeness (QED) is 0.538. The summed E-state index contributed by atoms with van der Waals surface area (Å²) in [6.45, 7) is 5.58. The summed E-state index contributed by atoms with van der Waals surface area (Å²) >= 11 is 0. The average molecular weight is 478 g/mol. The molecule has 0 atom stereocenters. The highest BCUT2D eigenvalue weighted by molar-refractivity contribution is 5.90. The van der Waals surface area contributed by atoms with Gasteiger partial charge in [-0.05, 0) is 56.7 Å². The Balaban J connectivity index is 1.80. The number of nitrogens with two attached hydrogens (primary N) is 1. The van der Waals surface area contributed by atoms with Crippen LogP contribution in [0.1, 0.15) is 63.8 Å². The molecule has 9 heteroatoms. The molecular weight excluding hydrogens is 443 g/mol. The number of urea groups is 1. The van der Waals surface area contributed by atoms with Crippen molar-refractivity contribution in [3.05, 3.63) is 54.1 Å². The first kappa shape index (κ1) is 25.9. The molecule has 2 aromatic rings. The number of alkyl halides is 3. The maximum atomic E-state index is 12.8. The molecule has 186 valence electrons. The number of carbonyl (C=O) groups excluding carboxylic acids is 1. The number of unbranched alkanes of at least 4 members (excludes halogenated alkanes) is 1. The topological polar surface area (TPSA) is 75.3 Å². The van der Waals surface area contributed by atoms with Crippen molar-refractivity contribution in [1.29, 1.82) is 0 Å². The summed E-state index contributed by atoms with van der Waals surface area (Å²) < 4.78 is 38.5. The van der Waals surface area contributed by atoms with Crippen LogP contribution in [0.3, 0.4) is 0 Å². The van der Waals surface area contributed by atoms with E-state index >= 15 is 0 Å². The highest BCUT2D eigenvalue weighted by Gasteiger charge is 2.45. The molecule has 0 radical (unpaired) electrons. The Kier molecular flexibility index (Phi) is 7.85. The summed E-state index contributed by atoms with van der Waals surface area (Å²) in [4.78, 5) is 22.8. The maximum Gasteiger partial charge on any atom is 0.451 e. The Bertz CT molecular complexity index is 941. The summed E-state index contributed by atoms with van der Waals surface area (Å²) in [5, 5.41) is 0. The van der Waals surface area contributed by atoms with Crippen LogP contribution in [-0.2, 0) is 11.7 Å². The van der Waals surface area contributed by atoms with Crippen molar-refractivity contribution >= 4 is 11.7 Å². The molecule has 0 saturated heterocycles. The van der Waals surface area contributed by atoms with Gasteiger partial charge in [-0.3, -0.25) is 9.80 Å². The van der Waals surface area contributed by atoms with E-state index in [9.17, 15) is 18.0 Å². The van der Waals surface area contributed by atoms with E-state index < -0.39 is 18.0 Å². The van der Waals surface area contributed by atoms with E-state index in [1.165, 1.54) is 10.5 Å². The Morgan fingerprint density at radius 2 is 1.68 bits per heavy atom. The largest absolute Gasteiger partial charge is 0.451 e. The van der Waals surface area contributed by atoms with Crippen LogP contribution in [0.2, 0.25) is 0 Å². The molecule has 0 bridgehead atoms. The lowest BCUT2D eigenvalue weighted by molar-refractivity contribution is -0.144. The van der Waals surface area contributed by atoms with E-state index in [1.54, 1.807) is 0 Å². The summed E-state index contributed by atoms with van der Waals surface area (Å²) in [7, 11) is 2.18. The SMILES string of the molecule is CCCCN(C)C1(c2ccccc2)CCC(C)(CN(C(N)=O)c2cnc(C(F)(F)F)nc2)CC1. The third-order valence-corrected chi connectivity index (χ3v) is 7.18. The van der Waals surface area contributed by atoms with Gasteiger partial charge >= 0.3 is 12.2 Å². The molecule has 1 aliphatic carbocycles.